The molecular weight excluding hydrogens is 940 g/mol. The Kier molecular flexibility index (Phi) is 14.3. The number of aliphatic hydroxyl groups is 6. The summed E-state index contributed by atoms with van der Waals surface area (Å²) in [6.07, 6.45) is -14.1. The van der Waals surface area contributed by atoms with E-state index in [0.717, 1.165) is 12.3 Å². The highest BCUT2D eigenvalue weighted by Gasteiger charge is 2.50. The molecule has 12 N–H and O–H groups in total. The molecule has 3 aromatic rings. The number of carbonyl (C=O) groups excluding carboxylic acids is 1. The van der Waals surface area contributed by atoms with Crippen LogP contribution in [0.2, 0.25) is 0 Å². The number of H-pyrrole nitrogens is 1. The number of phenolic OH excluding ortho intramolecular Hbond substituents is 1. The highest BCUT2D eigenvalue weighted by Crippen LogP contribution is 2.61. The van der Waals surface area contributed by atoms with Crippen molar-refractivity contribution in [3.63, 3.8) is 0 Å². The first-order chi connectivity index (χ1) is 31.6. The third kappa shape index (κ3) is 10.5. The second kappa shape index (κ2) is 19.4. The maximum Gasteiger partial charge on any atom is 0.483 e. The zero-order valence-electron chi connectivity index (χ0n) is 33.9. The van der Waals surface area contributed by atoms with Crippen molar-refractivity contribution in [1.82, 2.24) is 14.9 Å². The van der Waals surface area contributed by atoms with Gasteiger partial charge >= 0.3 is 27.3 Å². The Hall–Kier alpha value is -5.77. The molecule has 0 radical (unpaired) electrons. The van der Waals surface area contributed by atoms with E-state index in [1.807, 2.05) is 4.98 Å². The molecule has 0 spiro atoms. The van der Waals surface area contributed by atoms with Gasteiger partial charge in [0.15, 0.2) is 17.9 Å². The van der Waals surface area contributed by atoms with Crippen LogP contribution in [-0.2, 0) is 32.0 Å². The normalized spacial score (nSPS) is 26.1. The number of aromatic amines is 1. The number of phosphoric ester groups is 2. The minimum absolute atomic E-state index is 0.0125. The van der Waals surface area contributed by atoms with Gasteiger partial charge in [0.1, 0.15) is 59.8 Å². The number of aliphatic hydroxyl groups excluding tert-OH is 6. The number of carbonyl (C=O) groups is 2. The van der Waals surface area contributed by atoms with Crippen LogP contribution in [0.3, 0.4) is 0 Å². The molecule has 26 nitrogen and oxygen atoms in total. The number of ether oxygens (including phenoxy) is 2. The lowest BCUT2D eigenvalue weighted by Gasteiger charge is -2.39. The number of phenols is 1. The average Bonchev–Trinajstić information content (AvgIpc) is 3.54. The van der Waals surface area contributed by atoms with Crippen molar-refractivity contribution in [2.45, 2.75) is 55.2 Å². The van der Waals surface area contributed by atoms with Crippen molar-refractivity contribution >= 4 is 44.6 Å². The summed E-state index contributed by atoms with van der Waals surface area (Å²) in [5.74, 6) is -2.13. The lowest BCUT2D eigenvalue weighted by Crippen LogP contribution is -2.58. The highest BCUT2D eigenvalue weighted by molar-refractivity contribution is 7.61. The van der Waals surface area contributed by atoms with Gasteiger partial charge in [-0.2, -0.15) is 4.31 Å². The van der Waals surface area contributed by atoms with Gasteiger partial charge in [0.25, 0.3) is 11.5 Å². The van der Waals surface area contributed by atoms with E-state index in [4.69, 9.17) is 13.9 Å². The second-order valence-corrected chi connectivity index (χ2v) is 17.9. The standard InChI is InChI=1S/C39H39N3O23P2/c43-14-26-29(46)31(48)33(50)38(63-26)64-67(58,59)65-66(56,57)60-15-27-30(47)32(49)36(62-27)42-13-17(35(52)41-39(42)55)2-1-9-40-34(51)16-3-6-20(37(53)54)23(10-16)28-21-7-4-18(44)11-24(21)61-25-12-19(45)5-8-22(25)28/h1-8,10-13,26-27,29-33,36,38,43-44,46-50H,9,14-15H2,(H,40,51)(H,53,54)(H,56,57)(H,58,59)(H,41,52,55)/b2-1+/t26-,27+,29+,30+,31+,32+,33-,36+,38-/m0/s1. The topological polar surface area (TPSA) is 414 Å². The summed E-state index contributed by atoms with van der Waals surface area (Å²) in [7, 11) is -11.4. The Morgan fingerprint density at radius 1 is 0.851 bits per heavy atom. The van der Waals surface area contributed by atoms with Crippen LogP contribution < -0.4 is 22.0 Å². The zero-order chi connectivity index (χ0) is 48.7. The van der Waals surface area contributed by atoms with Crippen LogP contribution in [0.15, 0.2) is 85.7 Å². The van der Waals surface area contributed by atoms with Gasteiger partial charge in [-0.3, -0.25) is 33.0 Å². The molecule has 1 aromatic heterocycles. The molecule has 2 fully saturated rings. The second-order valence-electron chi connectivity index (χ2n) is 14.9. The number of aromatic carboxylic acids is 1. The van der Waals surface area contributed by atoms with Crippen LogP contribution in [0, 0.1) is 0 Å². The van der Waals surface area contributed by atoms with Crippen molar-refractivity contribution < 1.29 is 96.6 Å². The number of aromatic nitrogens is 2. The highest BCUT2D eigenvalue weighted by atomic mass is 31.3. The summed E-state index contributed by atoms with van der Waals surface area (Å²) >= 11 is 0. The Morgan fingerprint density at radius 2 is 1.58 bits per heavy atom. The van der Waals surface area contributed by atoms with Gasteiger partial charge in [0, 0.05) is 47.0 Å². The van der Waals surface area contributed by atoms with Crippen LogP contribution in [0.1, 0.15) is 32.5 Å². The number of carboxylic acids is 1. The monoisotopic (exact) mass is 979 g/mol. The van der Waals surface area contributed by atoms with Crippen molar-refractivity contribution in [3.05, 3.63) is 115 Å². The van der Waals surface area contributed by atoms with Crippen LogP contribution >= 0.6 is 15.6 Å². The third-order valence-electron chi connectivity index (χ3n) is 10.4. The molecule has 11 atom stereocenters. The number of fused-ring (bicyclic) bond motifs is 2. The Labute approximate surface area is 373 Å². The fraction of sp³-hybridized carbons (Fsp3) is 0.308. The number of benzene rings is 3. The number of phosphoric acid groups is 2. The maximum atomic E-state index is 13.4. The number of amides is 1. The lowest BCUT2D eigenvalue weighted by molar-refractivity contribution is -0.280. The van der Waals surface area contributed by atoms with E-state index in [2.05, 4.69) is 18.7 Å². The molecule has 7 rings (SSSR count). The number of nitrogens with one attached hydrogen (secondary N) is 2. The first-order valence-electron chi connectivity index (χ1n) is 19.5. The number of carboxylic acid groups (broad SMARTS) is 1. The quantitative estimate of drug-likeness (QED) is 0.0439. The van der Waals surface area contributed by atoms with E-state index in [0.29, 0.717) is 21.1 Å². The van der Waals surface area contributed by atoms with Crippen molar-refractivity contribution in [2.75, 3.05) is 19.8 Å². The molecule has 2 saturated heterocycles. The van der Waals surface area contributed by atoms with E-state index in [1.165, 1.54) is 60.7 Å². The zero-order valence-corrected chi connectivity index (χ0v) is 35.7. The van der Waals surface area contributed by atoms with Crippen LogP contribution in [-0.4, -0.2) is 141 Å². The molecule has 3 aliphatic heterocycles. The van der Waals surface area contributed by atoms with Gasteiger partial charge in [-0.15, -0.1) is 0 Å². The smallest absolute Gasteiger partial charge is 0.483 e. The predicted octanol–water partition coefficient (Wildman–Crippen LogP) is -1.07. The SMILES string of the molecule is O=C(NC/C=C/c1cn([C@@H]2O[C@H](COP(=O)(O)OP(=O)(O)O[C@@H]3O[C@@H](CO)[C@@H](O)[C@@H](O)[C@@H]3O)[C@@H](O)[C@H]2O)c(=O)[nH]c1=O)c1ccc(C(=O)O)c(-c2c3ccc(=O)cc-3oc3cc(O)ccc23)c1. The van der Waals surface area contributed by atoms with E-state index in [-0.39, 0.29) is 45.9 Å². The van der Waals surface area contributed by atoms with Gasteiger partial charge in [0.05, 0.1) is 24.3 Å². The molecule has 67 heavy (non-hydrogen) atoms. The first kappa shape index (κ1) is 49.1. The predicted molar refractivity (Wildman–Crippen MR) is 223 cm³/mol. The molecule has 1 amide bonds. The third-order valence-corrected chi connectivity index (χ3v) is 13.0. The van der Waals surface area contributed by atoms with Crippen molar-refractivity contribution in [3.8, 4) is 28.2 Å². The van der Waals surface area contributed by atoms with Crippen LogP contribution in [0.5, 0.6) is 5.75 Å². The van der Waals surface area contributed by atoms with Crippen molar-refractivity contribution in [1.29, 1.82) is 0 Å². The molecule has 1 aliphatic carbocycles. The molecule has 358 valence electrons. The van der Waals surface area contributed by atoms with Crippen LogP contribution in [0.4, 0.5) is 0 Å². The van der Waals surface area contributed by atoms with Gasteiger partial charge in [-0.1, -0.05) is 12.2 Å². The minimum Gasteiger partial charge on any atom is -0.508 e. The molecule has 2 unspecified atom stereocenters. The summed E-state index contributed by atoms with van der Waals surface area (Å²) in [4.78, 5) is 85.7. The lowest BCUT2D eigenvalue weighted by atomic mass is 9.89. The average molecular weight is 980 g/mol. The molecule has 28 heteroatoms. The summed E-state index contributed by atoms with van der Waals surface area (Å²) in [5, 5.41) is 83.6. The van der Waals surface area contributed by atoms with Gasteiger partial charge in [-0.25, -0.2) is 18.7 Å². The molecule has 2 aromatic carbocycles. The Morgan fingerprint density at radius 3 is 2.30 bits per heavy atom. The number of rotatable bonds is 15. The van der Waals surface area contributed by atoms with Crippen LogP contribution in [0.25, 0.3) is 39.5 Å². The summed E-state index contributed by atoms with van der Waals surface area (Å²) in [6.45, 7) is -2.37. The van der Waals surface area contributed by atoms with Gasteiger partial charge < -0.3 is 69.8 Å². The van der Waals surface area contributed by atoms with E-state index in [1.54, 1.807) is 0 Å². The Bertz CT molecular complexity index is 2990. The molecular formula is C39H39N3O23P2. The number of nitrogens with zero attached hydrogens (tertiary/aromatic N) is 1. The van der Waals surface area contributed by atoms with Crippen molar-refractivity contribution in [2.24, 2.45) is 0 Å². The van der Waals surface area contributed by atoms with E-state index in [9.17, 15) is 83.7 Å². The van der Waals surface area contributed by atoms with Gasteiger partial charge in [0.2, 0.25) is 0 Å². The maximum absolute atomic E-state index is 13.4. The summed E-state index contributed by atoms with van der Waals surface area (Å²) in [6, 6.07) is 11.8. The first-order valence-corrected chi connectivity index (χ1v) is 22.5. The largest absolute Gasteiger partial charge is 0.508 e. The molecule has 4 aliphatic rings. The molecule has 0 saturated carbocycles. The molecule has 4 heterocycles. The minimum atomic E-state index is -5.73. The van der Waals surface area contributed by atoms with Gasteiger partial charge in [-0.05, 0) is 48.0 Å². The fourth-order valence-electron chi connectivity index (χ4n) is 7.20. The fourth-order valence-corrected chi connectivity index (χ4v) is 9.36. The summed E-state index contributed by atoms with van der Waals surface area (Å²) < 4.78 is 55.2. The van der Waals surface area contributed by atoms with E-state index < -0.39 is 113 Å². The Balaban J connectivity index is 1.02. The van der Waals surface area contributed by atoms with E-state index >= 15 is 0 Å². The number of hydrogen-bond donors (Lipinski definition) is 12. The number of hydrogen-bond acceptors (Lipinski definition) is 20. The molecule has 0 bridgehead atoms. The number of aromatic hydroxyl groups is 1. The summed E-state index contributed by atoms with van der Waals surface area (Å²) in [5.41, 5.74) is -2.16.